The minimum atomic E-state index is -4.54. The van der Waals surface area contributed by atoms with Gasteiger partial charge in [-0.1, -0.05) is 6.07 Å². The molecular weight excluding hydrogens is 347 g/mol. The highest BCUT2D eigenvalue weighted by Crippen LogP contribution is 2.33. The number of nitrogens with zero attached hydrogens (tertiary/aromatic N) is 2. The molecule has 1 aromatic carbocycles. The van der Waals surface area contributed by atoms with Crippen molar-refractivity contribution in [2.24, 2.45) is 0 Å². The molecule has 1 amide bonds. The molecule has 0 saturated carbocycles. The normalized spacial score (nSPS) is 12.9. The Labute approximate surface area is 150 Å². The highest BCUT2D eigenvalue weighted by molar-refractivity contribution is 5.76. The lowest BCUT2D eigenvalue weighted by Crippen LogP contribution is -2.27. The quantitative estimate of drug-likeness (QED) is 0.847. The number of rotatable bonds is 6. The molecule has 142 valence electrons. The van der Waals surface area contributed by atoms with Crippen molar-refractivity contribution >= 4 is 5.91 Å². The molecule has 1 aromatic heterocycles. The van der Waals surface area contributed by atoms with Crippen LogP contribution in [0.3, 0.4) is 0 Å². The topological polar surface area (TPSA) is 56.1 Å². The van der Waals surface area contributed by atoms with Crippen LogP contribution in [0.15, 0.2) is 24.3 Å². The fraction of sp³-hybridized carbons (Fsp3) is 0.444. The number of hydrogen-bond acceptors (Lipinski definition) is 3. The van der Waals surface area contributed by atoms with Crippen molar-refractivity contribution in [1.29, 1.82) is 0 Å². The van der Waals surface area contributed by atoms with Crippen molar-refractivity contribution in [3.05, 3.63) is 46.8 Å². The van der Waals surface area contributed by atoms with E-state index in [0.29, 0.717) is 5.69 Å². The summed E-state index contributed by atoms with van der Waals surface area (Å²) in [5.74, 6) is -0.366. The van der Waals surface area contributed by atoms with Gasteiger partial charge in [-0.15, -0.1) is 0 Å². The fourth-order valence-electron chi connectivity index (χ4n) is 2.61. The molecule has 26 heavy (non-hydrogen) atoms. The van der Waals surface area contributed by atoms with Crippen LogP contribution >= 0.6 is 0 Å². The Hall–Kier alpha value is -2.35. The molecule has 2 rings (SSSR count). The highest BCUT2D eigenvalue weighted by atomic mass is 19.4. The predicted molar refractivity (Wildman–Crippen MR) is 91.0 cm³/mol. The molecule has 0 fully saturated rings. The number of methoxy groups -OCH3 is 1. The maximum atomic E-state index is 13.5. The van der Waals surface area contributed by atoms with E-state index in [0.717, 1.165) is 17.5 Å². The van der Waals surface area contributed by atoms with Gasteiger partial charge in [-0.2, -0.15) is 18.3 Å². The molecule has 1 unspecified atom stereocenters. The summed E-state index contributed by atoms with van der Waals surface area (Å²) < 4.78 is 46.9. The van der Waals surface area contributed by atoms with Gasteiger partial charge in [-0.05, 0) is 44.5 Å². The number of alkyl halides is 3. The van der Waals surface area contributed by atoms with Crippen LogP contribution in [0.1, 0.15) is 35.9 Å². The smallest absolute Gasteiger partial charge is 0.381 e. The number of amides is 1. The number of carbonyl (C=O) groups excluding carboxylic acids is 1. The number of carbonyl (C=O) groups is 1. The zero-order chi connectivity index (χ0) is 19.5. The number of ether oxygens (including phenoxy) is 1. The van der Waals surface area contributed by atoms with E-state index < -0.39 is 11.7 Å². The minimum Gasteiger partial charge on any atom is -0.381 e. The van der Waals surface area contributed by atoms with Crippen LogP contribution in [0.25, 0.3) is 5.69 Å². The average molecular weight is 369 g/mol. The summed E-state index contributed by atoms with van der Waals surface area (Å²) in [6.07, 6.45) is -4.75. The fourth-order valence-corrected chi connectivity index (χ4v) is 2.61. The third-order valence-corrected chi connectivity index (χ3v) is 4.00. The lowest BCUT2D eigenvalue weighted by atomic mass is 10.1. The number of hydrogen-bond donors (Lipinski definition) is 1. The SMILES string of the molecule is COC(C)CC(=O)NCc1ccc(-n2nc(C)cc2C)cc1C(F)(F)F. The predicted octanol–water partition coefficient (Wildman–Crippen LogP) is 3.55. The van der Waals surface area contributed by atoms with Gasteiger partial charge in [-0.3, -0.25) is 4.79 Å². The van der Waals surface area contributed by atoms with Crippen molar-refractivity contribution in [1.82, 2.24) is 15.1 Å². The van der Waals surface area contributed by atoms with E-state index in [4.69, 9.17) is 4.74 Å². The first-order chi connectivity index (χ1) is 12.1. The van der Waals surface area contributed by atoms with Gasteiger partial charge in [0.05, 0.1) is 29.5 Å². The molecule has 0 bridgehead atoms. The van der Waals surface area contributed by atoms with E-state index in [2.05, 4.69) is 10.4 Å². The van der Waals surface area contributed by atoms with Crippen molar-refractivity contribution in [2.45, 2.75) is 46.0 Å². The van der Waals surface area contributed by atoms with E-state index in [1.165, 1.54) is 17.9 Å². The Bertz CT molecular complexity index is 784. The lowest BCUT2D eigenvalue weighted by molar-refractivity contribution is -0.138. The molecule has 1 N–H and O–H groups in total. The lowest BCUT2D eigenvalue weighted by Gasteiger charge is -2.16. The Balaban J connectivity index is 2.27. The van der Waals surface area contributed by atoms with Crippen molar-refractivity contribution < 1.29 is 22.7 Å². The number of nitrogens with one attached hydrogen (secondary N) is 1. The van der Waals surface area contributed by atoms with Crippen LogP contribution in [0.2, 0.25) is 0 Å². The summed E-state index contributed by atoms with van der Waals surface area (Å²) >= 11 is 0. The summed E-state index contributed by atoms with van der Waals surface area (Å²) in [5.41, 5.74) is 1.000. The Morgan fingerprint density at radius 1 is 1.31 bits per heavy atom. The second-order valence-electron chi connectivity index (χ2n) is 6.21. The molecule has 5 nitrogen and oxygen atoms in total. The molecule has 2 aromatic rings. The Morgan fingerprint density at radius 3 is 2.54 bits per heavy atom. The third kappa shape index (κ3) is 4.85. The number of aryl methyl sites for hydroxylation is 2. The maximum Gasteiger partial charge on any atom is 0.416 e. The molecule has 0 aliphatic heterocycles. The molecular formula is C18H22F3N3O2. The van der Waals surface area contributed by atoms with Gasteiger partial charge in [0.15, 0.2) is 0 Å². The molecule has 8 heteroatoms. The van der Waals surface area contributed by atoms with Crippen molar-refractivity contribution in [2.75, 3.05) is 7.11 Å². The first kappa shape index (κ1) is 20.0. The van der Waals surface area contributed by atoms with Gasteiger partial charge in [0.25, 0.3) is 0 Å². The number of aromatic nitrogens is 2. The molecule has 1 heterocycles. The summed E-state index contributed by atoms with van der Waals surface area (Å²) in [6.45, 7) is 5.06. The van der Waals surface area contributed by atoms with Crippen LogP contribution in [0.5, 0.6) is 0 Å². The molecule has 1 atom stereocenters. The van der Waals surface area contributed by atoms with Gasteiger partial charge in [0.2, 0.25) is 5.91 Å². The number of halogens is 3. The highest BCUT2D eigenvalue weighted by Gasteiger charge is 2.34. The van der Waals surface area contributed by atoms with Crippen LogP contribution in [-0.4, -0.2) is 28.9 Å². The first-order valence-electron chi connectivity index (χ1n) is 8.15. The van der Waals surface area contributed by atoms with E-state index >= 15 is 0 Å². The van der Waals surface area contributed by atoms with Gasteiger partial charge in [0.1, 0.15) is 0 Å². The van der Waals surface area contributed by atoms with Crippen LogP contribution < -0.4 is 5.32 Å². The zero-order valence-electron chi connectivity index (χ0n) is 15.1. The van der Waals surface area contributed by atoms with Gasteiger partial charge in [0, 0.05) is 19.3 Å². The summed E-state index contributed by atoms with van der Waals surface area (Å²) in [6, 6.07) is 5.78. The first-order valence-corrected chi connectivity index (χ1v) is 8.15. The molecule has 0 aliphatic carbocycles. The average Bonchev–Trinajstić information content (AvgIpc) is 2.90. The summed E-state index contributed by atoms with van der Waals surface area (Å²) in [4.78, 5) is 11.8. The summed E-state index contributed by atoms with van der Waals surface area (Å²) in [5, 5.41) is 6.73. The van der Waals surface area contributed by atoms with E-state index in [1.807, 2.05) is 0 Å². The second-order valence-corrected chi connectivity index (χ2v) is 6.21. The molecule has 0 radical (unpaired) electrons. The third-order valence-electron chi connectivity index (χ3n) is 4.00. The van der Waals surface area contributed by atoms with Crippen LogP contribution in [-0.2, 0) is 22.3 Å². The second kappa shape index (κ2) is 7.90. The van der Waals surface area contributed by atoms with E-state index in [-0.39, 0.29) is 30.5 Å². The van der Waals surface area contributed by atoms with Crippen molar-refractivity contribution in [3.8, 4) is 5.69 Å². The van der Waals surface area contributed by atoms with E-state index in [1.54, 1.807) is 32.9 Å². The van der Waals surface area contributed by atoms with Crippen LogP contribution in [0.4, 0.5) is 13.2 Å². The van der Waals surface area contributed by atoms with Gasteiger partial charge >= 0.3 is 6.18 Å². The Morgan fingerprint density at radius 2 is 2.00 bits per heavy atom. The zero-order valence-corrected chi connectivity index (χ0v) is 15.1. The maximum absolute atomic E-state index is 13.5. The van der Waals surface area contributed by atoms with Crippen molar-refractivity contribution in [3.63, 3.8) is 0 Å². The van der Waals surface area contributed by atoms with Crippen LogP contribution in [0, 0.1) is 13.8 Å². The standard InChI is InChI=1S/C18H22F3N3O2/c1-11-7-12(2)24(23-11)15-6-5-14(16(9-15)18(19,20)21)10-22-17(25)8-13(3)26-4/h5-7,9,13H,8,10H2,1-4H3,(H,22,25). The summed E-state index contributed by atoms with van der Waals surface area (Å²) in [7, 11) is 1.47. The Kier molecular flexibility index (Phi) is 6.07. The molecule has 0 aliphatic rings. The largest absolute Gasteiger partial charge is 0.416 e. The van der Waals surface area contributed by atoms with Gasteiger partial charge < -0.3 is 10.1 Å². The van der Waals surface area contributed by atoms with E-state index in [9.17, 15) is 18.0 Å². The monoisotopic (exact) mass is 369 g/mol. The minimum absolute atomic E-state index is 0.00111. The molecule has 0 saturated heterocycles. The van der Waals surface area contributed by atoms with Gasteiger partial charge in [-0.25, -0.2) is 4.68 Å². The molecule has 0 spiro atoms. The number of benzene rings is 1.